The average molecular weight is 563 g/mol. The Hall–Kier alpha value is -3.98. The highest BCUT2D eigenvalue weighted by Gasteiger charge is 2.38. The van der Waals surface area contributed by atoms with Gasteiger partial charge in [-0.3, -0.25) is 19.2 Å². The second kappa shape index (κ2) is 9.82. The van der Waals surface area contributed by atoms with Crippen LogP contribution in [0.1, 0.15) is 39.6 Å². The third-order valence-electron chi connectivity index (χ3n) is 6.39. The number of nitrogens with zero attached hydrogens (tertiary/aromatic N) is 2. The Balaban J connectivity index is 1.27. The Morgan fingerprint density at radius 3 is 2.35 bits per heavy atom. The molecule has 1 atom stereocenters. The molecule has 0 saturated carbocycles. The number of halogens is 1. The van der Waals surface area contributed by atoms with Crippen molar-refractivity contribution in [2.45, 2.75) is 20.3 Å². The number of benzene rings is 3. The van der Waals surface area contributed by atoms with Crippen molar-refractivity contribution in [1.29, 1.82) is 0 Å². The van der Waals surface area contributed by atoms with Crippen molar-refractivity contribution in [2.24, 2.45) is 5.92 Å². The van der Waals surface area contributed by atoms with E-state index in [2.05, 4.69) is 15.9 Å². The van der Waals surface area contributed by atoms with Crippen molar-refractivity contribution in [1.82, 2.24) is 0 Å². The van der Waals surface area contributed by atoms with Crippen molar-refractivity contribution < 1.29 is 28.7 Å². The van der Waals surface area contributed by atoms with Crippen LogP contribution in [0.2, 0.25) is 0 Å². The lowest BCUT2D eigenvalue weighted by Crippen LogP contribution is -2.30. The van der Waals surface area contributed by atoms with Crippen LogP contribution in [0.4, 0.5) is 11.4 Å². The summed E-state index contributed by atoms with van der Waals surface area (Å²) in [5.41, 5.74) is 2.37. The number of ether oxygens (including phenoxy) is 2. The van der Waals surface area contributed by atoms with Crippen LogP contribution in [0.25, 0.3) is 0 Å². The summed E-state index contributed by atoms with van der Waals surface area (Å²) >= 11 is 3.33. The number of rotatable bonds is 6. The molecule has 0 bridgehead atoms. The lowest BCUT2D eigenvalue weighted by molar-refractivity contribution is -0.139. The number of hydrogen-bond acceptors (Lipinski definition) is 6. The molecule has 3 aromatic rings. The van der Waals surface area contributed by atoms with Gasteiger partial charge in [0.25, 0.3) is 11.8 Å². The summed E-state index contributed by atoms with van der Waals surface area (Å²) in [7, 11) is 0. The maximum Gasteiger partial charge on any atom is 0.316 e. The minimum Gasteiger partial charge on any atom is -0.494 e. The predicted molar refractivity (Wildman–Crippen MR) is 140 cm³/mol. The molecule has 2 aliphatic rings. The zero-order valence-corrected chi connectivity index (χ0v) is 21.8. The van der Waals surface area contributed by atoms with Crippen LogP contribution < -0.4 is 19.3 Å². The topological polar surface area (TPSA) is 93.2 Å². The molecular formula is C28H23BrN2O6. The highest BCUT2D eigenvalue weighted by Crippen LogP contribution is 2.34. The second-order valence-corrected chi connectivity index (χ2v) is 9.75. The highest BCUT2D eigenvalue weighted by molar-refractivity contribution is 9.10. The summed E-state index contributed by atoms with van der Waals surface area (Å²) in [6.45, 7) is 4.39. The summed E-state index contributed by atoms with van der Waals surface area (Å²) in [6, 6.07) is 16.8. The number of fused-ring (bicyclic) bond motifs is 1. The first-order valence-corrected chi connectivity index (χ1v) is 12.6. The molecule has 37 heavy (non-hydrogen) atoms. The molecular weight excluding hydrogens is 540 g/mol. The van der Waals surface area contributed by atoms with Gasteiger partial charge in [0.1, 0.15) is 11.5 Å². The van der Waals surface area contributed by atoms with E-state index in [4.69, 9.17) is 9.47 Å². The summed E-state index contributed by atoms with van der Waals surface area (Å²) in [4.78, 5) is 54.0. The Morgan fingerprint density at radius 2 is 1.65 bits per heavy atom. The molecule has 0 unspecified atom stereocenters. The van der Waals surface area contributed by atoms with Gasteiger partial charge in [-0.1, -0.05) is 15.9 Å². The van der Waals surface area contributed by atoms with Crippen molar-refractivity contribution in [3.63, 3.8) is 0 Å². The minimum atomic E-state index is -0.617. The maximum absolute atomic E-state index is 12.9. The number of hydrogen-bond donors (Lipinski definition) is 0. The van der Waals surface area contributed by atoms with E-state index in [-0.39, 0.29) is 24.6 Å². The smallest absolute Gasteiger partial charge is 0.316 e. The van der Waals surface area contributed by atoms with Gasteiger partial charge in [-0.25, -0.2) is 4.90 Å². The van der Waals surface area contributed by atoms with Crippen LogP contribution >= 0.6 is 15.9 Å². The molecule has 0 spiro atoms. The van der Waals surface area contributed by atoms with Crippen LogP contribution in [0, 0.1) is 12.8 Å². The van der Waals surface area contributed by atoms with Gasteiger partial charge in [0.2, 0.25) is 5.91 Å². The molecule has 9 heteroatoms. The van der Waals surface area contributed by atoms with E-state index in [9.17, 15) is 19.2 Å². The van der Waals surface area contributed by atoms with Crippen molar-refractivity contribution in [3.05, 3.63) is 81.8 Å². The normalized spacial score (nSPS) is 16.8. The number of imide groups is 1. The summed E-state index contributed by atoms with van der Waals surface area (Å²) in [6.07, 6.45) is 0.0493. The fourth-order valence-corrected chi connectivity index (χ4v) is 4.94. The standard InChI is InChI=1S/C28H23BrN2O6/c1-3-36-20-7-5-19(6-8-20)30-15-17(13-25(30)32)28(35)37-21-9-11-24(16(2)12-21)31-26(33)22-10-4-18(29)14-23(22)27(31)34/h4-12,14,17H,3,13,15H2,1-2H3/t17-/m0/s1. The third-order valence-corrected chi connectivity index (χ3v) is 6.89. The Morgan fingerprint density at radius 1 is 0.946 bits per heavy atom. The average Bonchev–Trinajstić information content (AvgIpc) is 3.37. The maximum atomic E-state index is 12.9. The van der Waals surface area contributed by atoms with Gasteiger partial charge in [-0.05, 0) is 80.1 Å². The molecule has 0 radical (unpaired) electrons. The van der Waals surface area contributed by atoms with E-state index in [0.29, 0.717) is 44.9 Å². The van der Waals surface area contributed by atoms with Crippen LogP contribution in [0.15, 0.2) is 65.1 Å². The molecule has 8 nitrogen and oxygen atoms in total. The highest BCUT2D eigenvalue weighted by atomic mass is 79.9. The first-order valence-electron chi connectivity index (χ1n) is 11.8. The summed E-state index contributed by atoms with van der Waals surface area (Å²) in [5, 5.41) is 0. The number of amides is 3. The lowest BCUT2D eigenvalue weighted by Gasteiger charge is -2.18. The fourth-order valence-electron chi connectivity index (χ4n) is 4.58. The van der Waals surface area contributed by atoms with E-state index < -0.39 is 23.7 Å². The molecule has 1 saturated heterocycles. The molecule has 0 aliphatic carbocycles. The van der Waals surface area contributed by atoms with Crippen LogP contribution in [0.5, 0.6) is 11.5 Å². The molecule has 188 valence electrons. The molecule has 5 rings (SSSR count). The molecule has 3 amide bonds. The van der Waals surface area contributed by atoms with Gasteiger partial charge in [0, 0.05) is 23.1 Å². The molecule has 2 aliphatic heterocycles. The molecule has 2 heterocycles. The second-order valence-electron chi connectivity index (χ2n) is 8.84. The van der Waals surface area contributed by atoms with Gasteiger partial charge in [-0.2, -0.15) is 0 Å². The first-order chi connectivity index (χ1) is 17.8. The molecule has 3 aromatic carbocycles. The van der Waals surface area contributed by atoms with E-state index in [0.717, 1.165) is 4.90 Å². The van der Waals surface area contributed by atoms with E-state index in [1.54, 1.807) is 72.5 Å². The number of carbonyl (C=O) groups is 4. The molecule has 0 aromatic heterocycles. The van der Waals surface area contributed by atoms with E-state index in [1.165, 1.54) is 0 Å². The summed E-state index contributed by atoms with van der Waals surface area (Å²) < 4.78 is 11.7. The quantitative estimate of drug-likeness (QED) is 0.240. The van der Waals surface area contributed by atoms with Crippen molar-refractivity contribution in [3.8, 4) is 11.5 Å². The predicted octanol–water partition coefficient (Wildman–Crippen LogP) is 4.92. The van der Waals surface area contributed by atoms with Gasteiger partial charge < -0.3 is 14.4 Å². The monoisotopic (exact) mass is 562 g/mol. The zero-order chi connectivity index (χ0) is 26.3. The van der Waals surface area contributed by atoms with E-state index >= 15 is 0 Å². The minimum absolute atomic E-state index is 0.0493. The summed E-state index contributed by atoms with van der Waals surface area (Å²) in [5.74, 6) is -1.12. The van der Waals surface area contributed by atoms with Gasteiger partial charge >= 0.3 is 5.97 Å². The Labute approximate surface area is 221 Å². The van der Waals surface area contributed by atoms with Crippen molar-refractivity contribution in [2.75, 3.05) is 23.0 Å². The van der Waals surface area contributed by atoms with Gasteiger partial charge in [-0.15, -0.1) is 0 Å². The number of esters is 1. The third kappa shape index (κ3) is 4.62. The number of carbonyl (C=O) groups excluding carboxylic acids is 4. The number of aryl methyl sites for hydroxylation is 1. The van der Waals surface area contributed by atoms with Crippen molar-refractivity contribution >= 4 is 51.0 Å². The Bertz CT molecular complexity index is 1440. The first kappa shape index (κ1) is 24.7. The number of anilines is 2. The van der Waals surface area contributed by atoms with Gasteiger partial charge in [0.15, 0.2) is 0 Å². The van der Waals surface area contributed by atoms with Crippen LogP contribution in [0.3, 0.4) is 0 Å². The molecule has 0 N–H and O–H groups in total. The van der Waals surface area contributed by atoms with E-state index in [1.807, 2.05) is 6.92 Å². The molecule has 1 fully saturated rings. The van der Waals surface area contributed by atoms with Crippen LogP contribution in [-0.4, -0.2) is 36.8 Å². The fraction of sp³-hybridized carbons (Fsp3) is 0.214. The van der Waals surface area contributed by atoms with Crippen LogP contribution in [-0.2, 0) is 9.59 Å². The SMILES string of the molecule is CCOc1ccc(N2C[C@@H](C(=O)Oc3ccc(N4C(=O)c5ccc(Br)cc5C4=O)c(C)c3)CC2=O)cc1. The Kier molecular flexibility index (Phi) is 6.55. The lowest BCUT2D eigenvalue weighted by atomic mass is 10.1. The van der Waals surface area contributed by atoms with Gasteiger partial charge in [0.05, 0.1) is 29.3 Å². The largest absolute Gasteiger partial charge is 0.494 e. The zero-order valence-electron chi connectivity index (χ0n) is 20.2.